The molecule has 0 aliphatic heterocycles. The van der Waals surface area contributed by atoms with Gasteiger partial charge in [0.05, 0.1) is 5.56 Å². The van der Waals surface area contributed by atoms with Crippen LogP contribution in [0.1, 0.15) is 16.1 Å². The van der Waals surface area contributed by atoms with Gasteiger partial charge < -0.3 is 4.98 Å². The van der Waals surface area contributed by atoms with Crippen LogP contribution in [0.3, 0.4) is 0 Å². The molecule has 1 N–H and O–H groups in total. The summed E-state index contributed by atoms with van der Waals surface area (Å²) in [6, 6.07) is 0. The molecule has 0 unspecified atom stereocenters. The predicted octanol–water partition coefficient (Wildman–Crippen LogP) is 1.17. The van der Waals surface area contributed by atoms with E-state index in [4.69, 9.17) is 11.6 Å². The first-order valence-electron chi connectivity index (χ1n) is 3.19. The number of nitrogens with zero attached hydrogens (tertiary/aromatic N) is 1. The van der Waals surface area contributed by atoms with Crippen molar-refractivity contribution in [1.82, 2.24) is 9.97 Å². The average Bonchev–Trinajstić information content (AvgIpc) is 2.01. The van der Waals surface area contributed by atoms with Crippen molar-refractivity contribution in [2.24, 2.45) is 0 Å². The maximum absolute atomic E-state index is 12.2. The summed E-state index contributed by atoms with van der Waals surface area (Å²) in [4.78, 5) is 25.5. The standard InChI is InChI=1S/C6H2ClF3N2O2/c7-4(13)2-1-11-5(14)12-3(2)6(8,9)10/h1H,(H,11,12,14). The van der Waals surface area contributed by atoms with Gasteiger partial charge >= 0.3 is 11.9 Å². The molecule has 0 saturated heterocycles. The Morgan fingerprint density at radius 3 is 2.50 bits per heavy atom. The van der Waals surface area contributed by atoms with Gasteiger partial charge in [0, 0.05) is 6.20 Å². The molecule has 0 aromatic carbocycles. The van der Waals surface area contributed by atoms with E-state index >= 15 is 0 Å². The number of alkyl halides is 3. The minimum absolute atomic E-state index is 0.577. The van der Waals surface area contributed by atoms with E-state index in [-0.39, 0.29) is 0 Å². The van der Waals surface area contributed by atoms with Crippen LogP contribution in [0, 0.1) is 0 Å². The lowest BCUT2D eigenvalue weighted by molar-refractivity contribution is -0.141. The SMILES string of the molecule is O=C(Cl)c1c[nH]c(=O)nc1C(F)(F)F. The highest BCUT2D eigenvalue weighted by Crippen LogP contribution is 2.29. The van der Waals surface area contributed by atoms with Gasteiger partial charge in [0.15, 0.2) is 5.69 Å². The summed E-state index contributed by atoms with van der Waals surface area (Å²) in [5.41, 5.74) is -3.65. The third-order valence-corrected chi connectivity index (χ3v) is 1.49. The summed E-state index contributed by atoms with van der Waals surface area (Å²) < 4.78 is 36.5. The number of rotatable bonds is 1. The van der Waals surface area contributed by atoms with E-state index in [1.165, 1.54) is 0 Å². The first-order chi connectivity index (χ1) is 6.32. The normalized spacial score (nSPS) is 11.4. The number of hydrogen-bond donors (Lipinski definition) is 1. The zero-order chi connectivity index (χ0) is 10.9. The van der Waals surface area contributed by atoms with Crippen LogP contribution >= 0.6 is 11.6 Å². The highest BCUT2D eigenvalue weighted by molar-refractivity contribution is 6.67. The van der Waals surface area contributed by atoms with Gasteiger partial charge in [-0.2, -0.15) is 18.2 Å². The molecule has 0 radical (unpaired) electrons. The molecule has 1 aromatic rings. The van der Waals surface area contributed by atoms with Gasteiger partial charge in [-0.05, 0) is 11.6 Å². The van der Waals surface area contributed by atoms with Crippen LogP contribution in [-0.2, 0) is 6.18 Å². The van der Waals surface area contributed by atoms with Gasteiger partial charge in [-0.15, -0.1) is 0 Å². The summed E-state index contributed by atoms with van der Waals surface area (Å²) >= 11 is 4.87. The Kier molecular flexibility index (Phi) is 2.61. The van der Waals surface area contributed by atoms with Crippen molar-refractivity contribution < 1.29 is 18.0 Å². The third-order valence-electron chi connectivity index (χ3n) is 1.29. The molecule has 1 aromatic heterocycles. The van der Waals surface area contributed by atoms with E-state index < -0.39 is 28.4 Å². The van der Waals surface area contributed by atoms with E-state index in [2.05, 4.69) is 4.98 Å². The molecule has 0 fully saturated rings. The molecule has 1 heterocycles. The van der Waals surface area contributed by atoms with Crippen molar-refractivity contribution in [3.05, 3.63) is 27.9 Å². The molecule has 0 aliphatic rings. The Balaban J connectivity index is 3.45. The monoisotopic (exact) mass is 226 g/mol. The van der Waals surface area contributed by atoms with Crippen LogP contribution < -0.4 is 5.69 Å². The number of aromatic nitrogens is 2. The molecule has 0 aliphatic carbocycles. The zero-order valence-corrected chi connectivity index (χ0v) is 7.11. The minimum atomic E-state index is -4.88. The molecule has 0 bridgehead atoms. The Morgan fingerprint density at radius 2 is 2.07 bits per heavy atom. The maximum Gasteiger partial charge on any atom is 0.434 e. The Labute approximate surface area is 79.7 Å². The van der Waals surface area contributed by atoms with Crippen LogP contribution in [0.5, 0.6) is 0 Å². The second-order valence-corrected chi connectivity index (χ2v) is 2.58. The Bertz CT molecular complexity index is 426. The lowest BCUT2D eigenvalue weighted by atomic mass is 10.2. The van der Waals surface area contributed by atoms with E-state index in [9.17, 15) is 22.8 Å². The lowest BCUT2D eigenvalue weighted by Gasteiger charge is -2.06. The topological polar surface area (TPSA) is 62.8 Å². The quantitative estimate of drug-likeness (QED) is 0.731. The van der Waals surface area contributed by atoms with E-state index in [0.29, 0.717) is 6.20 Å². The van der Waals surface area contributed by atoms with Crippen molar-refractivity contribution in [3.8, 4) is 0 Å². The van der Waals surface area contributed by atoms with E-state index in [1.54, 1.807) is 0 Å². The molecule has 76 valence electrons. The van der Waals surface area contributed by atoms with Crippen LogP contribution in [-0.4, -0.2) is 15.2 Å². The molecule has 8 heteroatoms. The third kappa shape index (κ3) is 2.11. The summed E-state index contributed by atoms with van der Waals surface area (Å²) in [6.45, 7) is 0. The number of halogens is 4. The Hall–Kier alpha value is -1.37. The summed E-state index contributed by atoms with van der Waals surface area (Å²) in [6.07, 6.45) is -4.30. The molecule has 0 amide bonds. The minimum Gasteiger partial charge on any atom is -0.312 e. The van der Waals surface area contributed by atoms with Crippen molar-refractivity contribution in [3.63, 3.8) is 0 Å². The van der Waals surface area contributed by atoms with Gasteiger partial charge in [0.2, 0.25) is 0 Å². The molecule has 1 rings (SSSR count). The smallest absolute Gasteiger partial charge is 0.312 e. The average molecular weight is 227 g/mol. The van der Waals surface area contributed by atoms with Crippen LogP contribution in [0.2, 0.25) is 0 Å². The number of H-pyrrole nitrogens is 1. The van der Waals surface area contributed by atoms with E-state index in [1.807, 2.05) is 4.98 Å². The van der Waals surface area contributed by atoms with Gasteiger partial charge in [-0.1, -0.05) is 0 Å². The van der Waals surface area contributed by atoms with Crippen molar-refractivity contribution >= 4 is 16.8 Å². The first-order valence-corrected chi connectivity index (χ1v) is 3.57. The predicted molar refractivity (Wildman–Crippen MR) is 40.0 cm³/mol. The molecule has 0 saturated carbocycles. The van der Waals surface area contributed by atoms with Gasteiger partial charge in [-0.25, -0.2) is 4.79 Å². The number of carbonyl (C=O) groups excluding carboxylic acids is 1. The highest BCUT2D eigenvalue weighted by Gasteiger charge is 2.37. The number of carbonyl (C=O) groups is 1. The molecule has 4 nitrogen and oxygen atoms in total. The molecule has 0 spiro atoms. The lowest BCUT2D eigenvalue weighted by Crippen LogP contribution is -2.22. The maximum atomic E-state index is 12.2. The van der Waals surface area contributed by atoms with Crippen molar-refractivity contribution in [1.29, 1.82) is 0 Å². The first kappa shape index (κ1) is 10.7. The largest absolute Gasteiger partial charge is 0.434 e. The van der Waals surface area contributed by atoms with E-state index in [0.717, 1.165) is 0 Å². The summed E-state index contributed by atoms with van der Waals surface area (Å²) in [5, 5.41) is -1.33. The Morgan fingerprint density at radius 1 is 1.50 bits per heavy atom. The molecular weight excluding hydrogens is 225 g/mol. The molecule has 0 atom stereocenters. The fourth-order valence-electron chi connectivity index (χ4n) is 0.762. The van der Waals surface area contributed by atoms with Gasteiger partial charge in [-0.3, -0.25) is 4.79 Å². The fourth-order valence-corrected chi connectivity index (χ4v) is 0.906. The van der Waals surface area contributed by atoms with Gasteiger partial charge in [0.1, 0.15) is 0 Å². The van der Waals surface area contributed by atoms with Crippen LogP contribution in [0.25, 0.3) is 0 Å². The van der Waals surface area contributed by atoms with Crippen LogP contribution in [0.15, 0.2) is 11.0 Å². The van der Waals surface area contributed by atoms with Crippen molar-refractivity contribution in [2.45, 2.75) is 6.18 Å². The van der Waals surface area contributed by atoms with Crippen LogP contribution in [0.4, 0.5) is 13.2 Å². The zero-order valence-electron chi connectivity index (χ0n) is 6.35. The number of aromatic amines is 1. The second-order valence-electron chi connectivity index (χ2n) is 2.24. The summed E-state index contributed by atoms with van der Waals surface area (Å²) in [5.74, 6) is 0. The molecular formula is C6H2ClF3N2O2. The van der Waals surface area contributed by atoms with Crippen molar-refractivity contribution in [2.75, 3.05) is 0 Å². The number of nitrogens with one attached hydrogen (secondary N) is 1. The second kappa shape index (κ2) is 3.41. The molecule has 14 heavy (non-hydrogen) atoms. The highest BCUT2D eigenvalue weighted by atomic mass is 35.5. The fraction of sp³-hybridized carbons (Fsp3) is 0.167. The number of hydrogen-bond acceptors (Lipinski definition) is 3. The summed E-state index contributed by atoms with van der Waals surface area (Å²) in [7, 11) is 0. The van der Waals surface area contributed by atoms with Gasteiger partial charge in [0.25, 0.3) is 5.24 Å².